The summed E-state index contributed by atoms with van der Waals surface area (Å²) in [7, 11) is 0. The van der Waals surface area contributed by atoms with Gasteiger partial charge in [-0.15, -0.1) is 0 Å². The van der Waals surface area contributed by atoms with Gasteiger partial charge in [0, 0.05) is 23.9 Å². The molecule has 2 fully saturated rings. The molecule has 2 aromatic heterocycles. The summed E-state index contributed by atoms with van der Waals surface area (Å²) in [5, 5.41) is 1.86. The topological polar surface area (TPSA) is 91.1 Å². The third kappa shape index (κ3) is 3.60. The minimum absolute atomic E-state index is 0.166. The quantitative estimate of drug-likeness (QED) is 0.391. The number of thiocarbonyl (C=S) groups is 2. The van der Waals surface area contributed by atoms with Gasteiger partial charge in [-0.1, -0.05) is 74.8 Å². The minimum Gasteiger partial charge on any atom is -0.292 e. The standard InChI is InChI=1S/C24H22N6O2S6/c1-7-29-17(31)15(37-21(29)33)27-19-25-13-11(35-19)9-10(23(13,3)4)12-14(24(9,5)6)26-20(36-12)28-16-18(32)30(8-2)22(34)38-16/h7-8H2,1-6H3. The fraction of sp³-hybridized carbons (Fsp3) is 0.417. The number of thioether (sulfide) groups is 2. The number of hydrogen-bond acceptors (Lipinski definition) is 12. The van der Waals surface area contributed by atoms with E-state index in [1.54, 1.807) is 9.80 Å². The van der Waals surface area contributed by atoms with Crippen LogP contribution < -0.4 is 0 Å². The molecule has 0 spiro atoms. The third-order valence-corrected chi connectivity index (χ3v) is 11.6. The Morgan fingerprint density at radius 1 is 0.737 bits per heavy atom. The predicted octanol–water partition coefficient (Wildman–Crippen LogP) is 5.91. The van der Waals surface area contributed by atoms with Crippen molar-refractivity contribution in [3.63, 3.8) is 0 Å². The number of allylic oxidation sites excluding steroid dienone is 2. The SMILES string of the molecule is CCN1C(=O)C(=Nc2nc3c(s2)C2=C(c4sc(N=C5SC(=S)N(CC)C5=O)nc4C2(C)C)C3(C)C)SC1=S. The number of aromatic nitrogens is 2. The highest BCUT2D eigenvalue weighted by Gasteiger charge is 2.54. The monoisotopic (exact) mass is 618 g/mol. The van der Waals surface area contributed by atoms with Gasteiger partial charge in [-0.2, -0.15) is 0 Å². The van der Waals surface area contributed by atoms with E-state index in [-0.39, 0.29) is 22.6 Å². The van der Waals surface area contributed by atoms with Crippen LogP contribution in [0.15, 0.2) is 9.98 Å². The minimum atomic E-state index is -0.380. The summed E-state index contributed by atoms with van der Waals surface area (Å²) in [5.74, 6) is -0.332. The first kappa shape index (κ1) is 26.4. The highest BCUT2D eigenvalue weighted by molar-refractivity contribution is 8.35. The van der Waals surface area contributed by atoms with Crippen LogP contribution in [-0.4, -0.2) is 63.4 Å². The van der Waals surface area contributed by atoms with E-state index in [0.717, 1.165) is 21.1 Å². The van der Waals surface area contributed by atoms with E-state index in [0.29, 0.717) is 42.1 Å². The van der Waals surface area contributed by atoms with Crippen LogP contribution in [0.25, 0.3) is 11.1 Å². The Balaban J connectivity index is 1.40. The van der Waals surface area contributed by atoms with E-state index in [2.05, 4.69) is 37.7 Å². The predicted molar refractivity (Wildman–Crippen MR) is 166 cm³/mol. The second-order valence-corrected chi connectivity index (χ2v) is 15.2. The zero-order valence-electron chi connectivity index (χ0n) is 21.4. The van der Waals surface area contributed by atoms with Crippen molar-refractivity contribution < 1.29 is 9.59 Å². The average Bonchev–Trinajstić information content (AvgIpc) is 3.63. The summed E-state index contributed by atoms with van der Waals surface area (Å²) < 4.78 is 1.05. The number of amides is 2. The number of thiazole rings is 2. The van der Waals surface area contributed by atoms with E-state index in [4.69, 9.17) is 34.4 Å². The van der Waals surface area contributed by atoms with Gasteiger partial charge in [0.15, 0.2) is 10.1 Å². The van der Waals surface area contributed by atoms with Crippen LogP contribution >= 0.6 is 70.6 Å². The molecule has 0 atom stereocenters. The van der Waals surface area contributed by atoms with Gasteiger partial charge < -0.3 is 0 Å². The molecule has 0 bridgehead atoms. The molecule has 2 aliphatic carbocycles. The van der Waals surface area contributed by atoms with Crippen molar-refractivity contribution >= 4 is 123 Å². The Morgan fingerprint density at radius 3 is 1.42 bits per heavy atom. The summed E-state index contributed by atoms with van der Waals surface area (Å²) in [4.78, 5) is 49.7. The van der Waals surface area contributed by atoms with Gasteiger partial charge in [0.25, 0.3) is 11.8 Å². The van der Waals surface area contributed by atoms with Crippen LogP contribution in [0.2, 0.25) is 0 Å². The molecule has 2 amide bonds. The van der Waals surface area contributed by atoms with Crippen LogP contribution in [0, 0.1) is 0 Å². The molecule has 4 heterocycles. The number of aliphatic imine (C=N–C) groups is 2. The molecule has 0 aromatic carbocycles. The van der Waals surface area contributed by atoms with Crippen LogP contribution in [0.4, 0.5) is 10.3 Å². The molecule has 2 aromatic rings. The largest absolute Gasteiger partial charge is 0.292 e. The Morgan fingerprint density at radius 2 is 1.11 bits per heavy atom. The molecule has 38 heavy (non-hydrogen) atoms. The first-order chi connectivity index (χ1) is 17.9. The Labute approximate surface area is 247 Å². The van der Waals surface area contributed by atoms with Gasteiger partial charge in [-0.05, 0) is 48.5 Å². The molecule has 0 saturated carbocycles. The van der Waals surface area contributed by atoms with Crippen molar-refractivity contribution in [3.8, 4) is 0 Å². The first-order valence-corrected chi connectivity index (χ1v) is 16.0. The lowest BCUT2D eigenvalue weighted by molar-refractivity contribution is -0.120. The van der Waals surface area contributed by atoms with Gasteiger partial charge in [0.2, 0.25) is 10.3 Å². The summed E-state index contributed by atoms with van der Waals surface area (Å²) in [6, 6.07) is 0. The Bertz CT molecular complexity index is 1480. The average molecular weight is 619 g/mol. The fourth-order valence-corrected chi connectivity index (χ4v) is 10.5. The number of fused-ring (bicyclic) bond motifs is 4. The first-order valence-electron chi connectivity index (χ1n) is 11.9. The van der Waals surface area contributed by atoms with E-state index in [9.17, 15) is 9.59 Å². The molecule has 0 radical (unpaired) electrons. The van der Waals surface area contributed by atoms with Gasteiger partial charge in [-0.25, -0.2) is 20.0 Å². The number of nitrogens with zero attached hydrogens (tertiary/aromatic N) is 6. The Kier molecular flexibility index (Phi) is 6.13. The normalized spacial score (nSPS) is 23.5. The molecule has 8 nitrogen and oxygen atoms in total. The molecular weight excluding hydrogens is 597 g/mol. The fourth-order valence-electron chi connectivity index (χ4n) is 5.18. The Hall–Kier alpha value is -1.84. The molecule has 14 heteroatoms. The van der Waals surface area contributed by atoms with Gasteiger partial charge >= 0.3 is 0 Å². The number of hydrogen-bond donors (Lipinski definition) is 0. The van der Waals surface area contributed by atoms with Gasteiger partial charge in [-0.3, -0.25) is 19.4 Å². The van der Waals surface area contributed by atoms with E-state index >= 15 is 0 Å². The third-order valence-electron chi connectivity index (χ3n) is 7.06. The lowest BCUT2D eigenvalue weighted by atomic mass is 9.84. The summed E-state index contributed by atoms with van der Waals surface area (Å²) in [5.41, 5.74) is 3.57. The van der Waals surface area contributed by atoms with E-state index in [1.807, 2.05) is 13.8 Å². The van der Waals surface area contributed by atoms with Crippen molar-refractivity contribution in [3.05, 3.63) is 21.1 Å². The second-order valence-electron chi connectivity index (χ2n) is 10.0. The molecule has 0 N–H and O–H groups in total. The molecule has 4 aliphatic rings. The maximum absolute atomic E-state index is 12.7. The van der Waals surface area contributed by atoms with Crippen molar-refractivity contribution in [1.82, 2.24) is 19.8 Å². The summed E-state index contributed by atoms with van der Waals surface area (Å²) >= 11 is 16.1. The molecule has 0 unspecified atom stereocenters. The van der Waals surface area contributed by atoms with Gasteiger partial charge in [0.05, 0.1) is 21.1 Å². The van der Waals surface area contributed by atoms with Crippen molar-refractivity contribution in [2.75, 3.05) is 13.1 Å². The number of carbonyl (C=O) groups is 2. The summed E-state index contributed by atoms with van der Waals surface area (Å²) in [6.07, 6.45) is 0. The smallest absolute Gasteiger partial charge is 0.285 e. The van der Waals surface area contributed by atoms with Crippen molar-refractivity contribution in [2.24, 2.45) is 9.98 Å². The maximum Gasteiger partial charge on any atom is 0.285 e. The molecule has 2 aliphatic heterocycles. The number of rotatable bonds is 4. The van der Waals surface area contributed by atoms with Crippen molar-refractivity contribution in [1.29, 1.82) is 0 Å². The molecule has 2 saturated heterocycles. The van der Waals surface area contributed by atoms with Crippen molar-refractivity contribution in [2.45, 2.75) is 52.4 Å². The molecule has 196 valence electrons. The van der Waals surface area contributed by atoms with Crippen LogP contribution in [0.3, 0.4) is 0 Å². The lowest BCUT2D eigenvalue weighted by Gasteiger charge is -2.21. The second kappa shape index (κ2) is 8.83. The number of carbonyl (C=O) groups excluding carboxylic acids is 2. The van der Waals surface area contributed by atoms with Crippen LogP contribution in [0.1, 0.15) is 62.7 Å². The lowest BCUT2D eigenvalue weighted by Crippen LogP contribution is -2.29. The van der Waals surface area contributed by atoms with Crippen LogP contribution in [0.5, 0.6) is 0 Å². The zero-order chi connectivity index (χ0) is 27.3. The van der Waals surface area contributed by atoms with Crippen LogP contribution in [-0.2, 0) is 20.4 Å². The van der Waals surface area contributed by atoms with Gasteiger partial charge in [0.1, 0.15) is 8.64 Å². The maximum atomic E-state index is 12.7. The highest BCUT2D eigenvalue weighted by Crippen LogP contribution is 2.65. The molecule has 6 rings (SSSR count). The van der Waals surface area contributed by atoms with E-state index in [1.165, 1.54) is 57.3 Å². The summed E-state index contributed by atoms with van der Waals surface area (Å²) in [6.45, 7) is 13.5. The molecular formula is C24H22N6O2S6. The highest BCUT2D eigenvalue weighted by atomic mass is 32.2. The zero-order valence-corrected chi connectivity index (χ0v) is 26.3. The van der Waals surface area contributed by atoms with E-state index < -0.39 is 0 Å².